The Morgan fingerprint density at radius 1 is 1.22 bits per heavy atom. The number of benzene rings is 1. The van der Waals surface area contributed by atoms with E-state index in [0.29, 0.717) is 12.0 Å². The van der Waals surface area contributed by atoms with Crippen LogP contribution in [0.4, 0.5) is 11.4 Å². The molecule has 2 bridgehead atoms. The summed E-state index contributed by atoms with van der Waals surface area (Å²) < 4.78 is 2.23. The minimum atomic E-state index is -0.340. The van der Waals surface area contributed by atoms with E-state index in [1.807, 2.05) is 12.1 Å². The number of rotatable bonds is 4. The van der Waals surface area contributed by atoms with E-state index in [1.54, 1.807) is 12.1 Å². The molecule has 2 aliphatic carbocycles. The smallest absolute Gasteiger partial charge is 0.258 e. The molecule has 122 valence electrons. The largest absolute Gasteiger partial charge is 0.269 e. The zero-order chi connectivity index (χ0) is 16.2. The van der Waals surface area contributed by atoms with E-state index < -0.39 is 0 Å². The van der Waals surface area contributed by atoms with Crippen LogP contribution >= 0.6 is 0 Å². The first-order chi connectivity index (χ1) is 11.1. The van der Waals surface area contributed by atoms with Crippen LogP contribution in [0.5, 0.6) is 0 Å². The highest BCUT2D eigenvalue weighted by atomic mass is 16.6. The first kappa shape index (κ1) is 14.8. The van der Waals surface area contributed by atoms with Crippen molar-refractivity contribution in [1.29, 1.82) is 0 Å². The van der Waals surface area contributed by atoms with Crippen LogP contribution in [-0.4, -0.2) is 21.2 Å². The fourth-order valence-corrected chi connectivity index (χ4v) is 5.54. The van der Waals surface area contributed by atoms with Gasteiger partial charge in [0.1, 0.15) is 5.54 Å². The Bertz CT molecular complexity index is 663. The molecule has 2 saturated carbocycles. The van der Waals surface area contributed by atoms with Crippen LogP contribution in [0.25, 0.3) is 0 Å². The minimum Gasteiger partial charge on any atom is -0.258 e. The molecule has 23 heavy (non-hydrogen) atoms. The highest BCUT2D eigenvalue weighted by molar-refractivity contribution is 5.40. The van der Waals surface area contributed by atoms with Gasteiger partial charge in [0.15, 0.2) is 6.04 Å². The Morgan fingerprint density at radius 2 is 1.87 bits per heavy atom. The third-order valence-electron chi connectivity index (χ3n) is 6.63. The molecule has 0 aromatic heterocycles. The minimum absolute atomic E-state index is 0.0618. The molecule has 0 radical (unpaired) electrons. The van der Waals surface area contributed by atoms with Crippen molar-refractivity contribution in [2.24, 2.45) is 22.9 Å². The normalized spacial score (nSPS) is 33.6. The second-order valence-electron chi connectivity index (χ2n) is 7.38. The summed E-state index contributed by atoms with van der Waals surface area (Å²) in [6.07, 6.45) is 6.18. The van der Waals surface area contributed by atoms with Gasteiger partial charge in [0, 0.05) is 30.2 Å². The number of non-ortho nitro benzene ring substituents is 1. The number of hydrogen-bond donors (Lipinski definition) is 0. The Labute approximate surface area is 136 Å². The van der Waals surface area contributed by atoms with Gasteiger partial charge in [-0.2, -0.15) is 0 Å². The molecule has 0 N–H and O–H groups in total. The van der Waals surface area contributed by atoms with Gasteiger partial charge in [-0.1, -0.05) is 18.5 Å². The van der Waals surface area contributed by atoms with Gasteiger partial charge in [0.05, 0.1) is 10.8 Å². The van der Waals surface area contributed by atoms with Gasteiger partial charge in [-0.15, -0.1) is 0 Å². The van der Waals surface area contributed by atoms with Crippen LogP contribution in [0.15, 0.2) is 29.4 Å². The first-order valence-electron chi connectivity index (χ1n) is 8.86. The van der Waals surface area contributed by atoms with E-state index in [-0.39, 0.29) is 16.1 Å². The topological polar surface area (TPSA) is 58.5 Å². The van der Waals surface area contributed by atoms with Crippen LogP contribution < -0.4 is 0 Å². The third-order valence-corrected chi connectivity index (χ3v) is 6.63. The van der Waals surface area contributed by atoms with Crippen LogP contribution in [0.3, 0.4) is 0 Å². The summed E-state index contributed by atoms with van der Waals surface area (Å²) in [6, 6.07) is 7.43. The van der Waals surface area contributed by atoms with Gasteiger partial charge in [0.2, 0.25) is 5.69 Å². The Morgan fingerprint density at radius 3 is 2.48 bits per heavy atom. The SMILES string of the molecule is CCC1(CC)N=[N+](c2ccc([N+](=O)[O-])cc2)[C@H]2[C@@H]3CC[C@@H](C3)[C@H]21. The molecule has 4 rings (SSSR count). The summed E-state index contributed by atoms with van der Waals surface area (Å²) in [5, 5.41) is 16.1. The van der Waals surface area contributed by atoms with Gasteiger partial charge >= 0.3 is 0 Å². The number of nitro benzene ring substituents is 1. The lowest BCUT2D eigenvalue weighted by Gasteiger charge is -2.31. The van der Waals surface area contributed by atoms with Crippen molar-refractivity contribution in [3.05, 3.63) is 34.4 Å². The van der Waals surface area contributed by atoms with Crippen molar-refractivity contribution < 1.29 is 9.62 Å². The molecule has 0 amide bonds. The molecule has 1 aromatic carbocycles. The predicted molar refractivity (Wildman–Crippen MR) is 86.9 cm³/mol. The molecular weight excluding hydrogens is 290 g/mol. The Hall–Kier alpha value is -1.78. The van der Waals surface area contributed by atoms with Gasteiger partial charge < -0.3 is 0 Å². The molecular formula is C18H24N3O2+. The number of hydrogen-bond acceptors (Lipinski definition) is 3. The Kier molecular flexibility index (Phi) is 3.29. The quantitative estimate of drug-likeness (QED) is 0.460. The molecule has 1 aliphatic heterocycles. The lowest BCUT2D eigenvalue weighted by molar-refractivity contribution is -0.549. The zero-order valence-corrected chi connectivity index (χ0v) is 13.8. The van der Waals surface area contributed by atoms with Gasteiger partial charge in [-0.3, -0.25) is 10.1 Å². The molecule has 4 atom stereocenters. The van der Waals surface area contributed by atoms with E-state index >= 15 is 0 Å². The molecule has 0 unspecified atom stereocenters. The van der Waals surface area contributed by atoms with E-state index in [9.17, 15) is 10.1 Å². The van der Waals surface area contributed by atoms with Crippen molar-refractivity contribution in [3.63, 3.8) is 0 Å². The summed E-state index contributed by atoms with van der Waals surface area (Å²) in [5.74, 6) is 2.21. The third kappa shape index (κ3) is 1.98. The molecule has 5 nitrogen and oxygen atoms in total. The highest BCUT2D eigenvalue weighted by Gasteiger charge is 2.66. The number of azo groups is 2. The van der Waals surface area contributed by atoms with E-state index in [2.05, 4.69) is 18.5 Å². The molecule has 0 spiro atoms. The van der Waals surface area contributed by atoms with Crippen molar-refractivity contribution in [3.8, 4) is 0 Å². The summed E-state index contributed by atoms with van der Waals surface area (Å²) in [7, 11) is 0. The van der Waals surface area contributed by atoms with E-state index in [4.69, 9.17) is 5.11 Å². The summed E-state index contributed by atoms with van der Waals surface area (Å²) in [6.45, 7) is 4.52. The maximum absolute atomic E-state index is 10.9. The van der Waals surface area contributed by atoms with Crippen LogP contribution in [0, 0.1) is 27.9 Å². The zero-order valence-electron chi connectivity index (χ0n) is 13.8. The van der Waals surface area contributed by atoms with Crippen molar-refractivity contribution in [2.45, 2.75) is 57.5 Å². The van der Waals surface area contributed by atoms with Gasteiger partial charge in [-0.05, 0) is 43.1 Å². The van der Waals surface area contributed by atoms with E-state index in [0.717, 1.165) is 30.4 Å². The standard InChI is InChI=1S/C18H24N3O2/c1-3-18(4-2)16-12-5-6-13(11-12)17(16)20(19-18)14-7-9-15(10-8-14)21(22)23/h7-10,12-13,16-17H,3-6,11H2,1-2H3/q+1/t12-,13+,16+,17-/m0/s1. The summed E-state index contributed by atoms with van der Waals surface area (Å²) in [5.41, 5.74) is 1.23. The Balaban J connectivity index is 1.76. The summed E-state index contributed by atoms with van der Waals surface area (Å²) in [4.78, 5) is 10.5. The monoisotopic (exact) mass is 314 g/mol. The summed E-state index contributed by atoms with van der Waals surface area (Å²) >= 11 is 0. The fraction of sp³-hybridized carbons (Fsp3) is 0.667. The number of nitro groups is 1. The lowest BCUT2D eigenvalue weighted by atomic mass is 9.70. The second kappa shape index (κ2) is 5.11. The predicted octanol–water partition coefficient (Wildman–Crippen LogP) is 4.68. The van der Waals surface area contributed by atoms with Gasteiger partial charge in [0.25, 0.3) is 5.69 Å². The molecule has 0 saturated heterocycles. The maximum Gasteiger partial charge on any atom is 0.269 e. The molecule has 2 fully saturated rings. The maximum atomic E-state index is 10.9. The molecule has 1 aromatic rings. The van der Waals surface area contributed by atoms with Crippen molar-refractivity contribution in [1.82, 2.24) is 0 Å². The van der Waals surface area contributed by atoms with Crippen molar-refractivity contribution >= 4 is 11.4 Å². The second-order valence-corrected chi connectivity index (χ2v) is 7.38. The fourth-order valence-electron chi connectivity index (χ4n) is 5.54. The van der Waals surface area contributed by atoms with Crippen LogP contribution in [0.1, 0.15) is 46.0 Å². The number of fused-ring (bicyclic) bond motifs is 5. The lowest BCUT2D eigenvalue weighted by Crippen LogP contribution is -2.41. The molecule has 5 heteroatoms. The van der Waals surface area contributed by atoms with Crippen LogP contribution in [-0.2, 0) is 0 Å². The molecule has 1 heterocycles. The van der Waals surface area contributed by atoms with E-state index in [1.165, 1.54) is 19.3 Å². The van der Waals surface area contributed by atoms with Gasteiger partial charge in [-0.25, -0.2) is 0 Å². The average Bonchev–Trinajstić information content (AvgIpc) is 3.26. The average molecular weight is 314 g/mol. The number of nitrogens with zero attached hydrogens (tertiary/aromatic N) is 3. The first-order valence-corrected chi connectivity index (χ1v) is 8.86. The highest BCUT2D eigenvalue weighted by Crippen LogP contribution is 2.59. The molecule has 3 aliphatic rings. The van der Waals surface area contributed by atoms with Crippen LogP contribution in [0.2, 0.25) is 0 Å². The van der Waals surface area contributed by atoms with Crippen molar-refractivity contribution in [2.75, 3.05) is 0 Å².